The van der Waals surface area contributed by atoms with Crippen molar-refractivity contribution >= 4 is 11.7 Å². The van der Waals surface area contributed by atoms with Gasteiger partial charge in [-0.1, -0.05) is 0 Å². The molecule has 0 aliphatic rings. The van der Waals surface area contributed by atoms with Gasteiger partial charge in [-0.2, -0.15) is 0 Å². The lowest BCUT2D eigenvalue weighted by Gasteiger charge is -2.05. The van der Waals surface area contributed by atoms with Crippen LogP contribution >= 0.6 is 0 Å². The highest BCUT2D eigenvalue weighted by Crippen LogP contribution is 2.21. The maximum Gasteiger partial charge on any atom is 0.356 e. The number of ether oxygens (including phenoxy) is 2. The second-order valence-corrected chi connectivity index (χ2v) is 3.54. The number of carbonyl (C=O) groups excluding carboxylic acids is 1. The standard InChI is InChI=1S/C13H12N2O3/c1-17-13(16)12-7-6-11(8-15-12)18-10-4-2-9(14)3-5-10/h2-8H,14H2,1H3. The third kappa shape index (κ3) is 2.76. The van der Waals surface area contributed by atoms with Crippen LogP contribution in [0.3, 0.4) is 0 Å². The number of pyridine rings is 1. The van der Waals surface area contributed by atoms with Crippen molar-refractivity contribution in [2.24, 2.45) is 0 Å². The van der Waals surface area contributed by atoms with Crippen LogP contribution in [0.4, 0.5) is 5.69 Å². The monoisotopic (exact) mass is 244 g/mol. The van der Waals surface area contributed by atoms with Crippen molar-refractivity contribution in [3.05, 3.63) is 48.3 Å². The van der Waals surface area contributed by atoms with Gasteiger partial charge in [-0.15, -0.1) is 0 Å². The fourth-order valence-corrected chi connectivity index (χ4v) is 1.34. The summed E-state index contributed by atoms with van der Waals surface area (Å²) in [4.78, 5) is 15.1. The summed E-state index contributed by atoms with van der Waals surface area (Å²) in [7, 11) is 1.31. The summed E-state index contributed by atoms with van der Waals surface area (Å²) in [6.45, 7) is 0. The molecule has 2 N–H and O–H groups in total. The summed E-state index contributed by atoms with van der Waals surface area (Å²) in [6.07, 6.45) is 1.46. The quantitative estimate of drug-likeness (QED) is 0.662. The van der Waals surface area contributed by atoms with Crippen LogP contribution in [0.15, 0.2) is 42.6 Å². The second-order valence-electron chi connectivity index (χ2n) is 3.54. The van der Waals surface area contributed by atoms with Gasteiger partial charge in [0.25, 0.3) is 0 Å². The van der Waals surface area contributed by atoms with Crippen molar-refractivity contribution in [1.82, 2.24) is 4.98 Å². The van der Waals surface area contributed by atoms with Gasteiger partial charge in [0.15, 0.2) is 0 Å². The van der Waals surface area contributed by atoms with E-state index in [0.29, 0.717) is 17.2 Å². The van der Waals surface area contributed by atoms with Crippen molar-refractivity contribution in [2.45, 2.75) is 0 Å². The van der Waals surface area contributed by atoms with Gasteiger partial charge in [-0.3, -0.25) is 0 Å². The molecule has 0 aliphatic heterocycles. The molecule has 0 fully saturated rings. The number of methoxy groups -OCH3 is 1. The number of hydrogen-bond donors (Lipinski definition) is 1. The van der Waals surface area contributed by atoms with E-state index in [0.717, 1.165) is 0 Å². The molecule has 0 saturated heterocycles. The Labute approximate surface area is 104 Å². The first kappa shape index (κ1) is 11.9. The van der Waals surface area contributed by atoms with E-state index in [1.807, 2.05) is 0 Å². The van der Waals surface area contributed by atoms with Crippen LogP contribution in [0, 0.1) is 0 Å². The number of hydrogen-bond acceptors (Lipinski definition) is 5. The summed E-state index contributed by atoms with van der Waals surface area (Å²) in [5.41, 5.74) is 6.48. The zero-order chi connectivity index (χ0) is 13.0. The molecule has 5 heteroatoms. The molecule has 5 nitrogen and oxygen atoms in total. The Bertz CT molecular complexity index is 535. The van der Waals surface area contributed by atoms with Gasteiger partial charge in [-0.05, 0) is 36.4 Å². The predicted octanol–water partition coefficient (Wildman–Crippen LogP) is 2.24. The van der Waals surface area contributed by atoms with E-state index >= 15 is 0 Å². The molecule has 0 amide bonds. The summed E-state index contributed by atoms with van der Waals surface area (Å²) in [5, 5.41) is 0. The molecule has 2 aromatic rings. The van der Waals surface area contributed by atoms with E-state index in [1.165, 1.54) is 13.3 Å². The van der Waals surface area contributed by atoms with Crippen LogP contribution in [-0.2, 0) is 4.74 Å². The molecule has 0 atom stereocenters. The fourth-order valence-electron chi connectivity index (χ4n) is 1.34. The van der Waals surface area contributed by atoms with Crippen LogP contribution < -0.4 is 10.5 Å². The van der Waals surface area contributed by atoms with Crippen molar-refractivity contribution in [3.8, 4) is 11.5 Å². The fraction of sp³-hybridized carbons (Fsp3) is 0.0769. The number of nitrogens with zero attached hydrogens (tertiary/aromatic N) is 1. The number of nitrogens with two attached hydrogens (primary N) is 1. The number of carbonyl (C=O) groups is 1. The van der Waals surface area contributed by atoms with Gasteiger partial charge in [-0.25, -0.2) is 9.78 Å². The van der Waals surface area contributed by atoms with E-state index in [2.05, 4.69) is 9.72 Å². The molecule has 1 aromatic carbocycles. The van der Waals surface area contributed by atoms with Crippen LogP contribution in [0.2, 0.25) is 0 Å². The Kier molecular flexibility index (Phi) is 3.43. The molecular formula is C13H12N2O3. The minimum Gasteiger partial charge on any atom is -0.464 e. The maximum atomic E-state index is 11.2. The number of aromatic nitrogens is 1. The third-order valence-electron chi connectivity index (χ3n) is 2.25. The SMILES string of the molecule is COC(=O)c1ccc(Oc2ccc(N)cc2)cn1. The average molecular weight is 244 g/mol. The van der Waals surface area contributed by atoms with Crippen LogP contribution in [-0.4, -0.2) is 18.1 Å². The van der Waals surface area contributed by atoms with Gasteiger partial charge in [0.1, 0.15) is 17.2 Å². The normalized spacial score (nSPS) is 9.83. The molecule has 0 saturated carbocycles. The summed E-state index contributed by atoms with van der Waals surface area (Å²) < 4.78 is 10.1. The highest BCUT2D eigenvalue weighted by Gasteiger charge is 2.06. The molecule has 0 radical (unpaired) electrons. The van der Waals surface area contributed by atoms with Crippen LogP contribution in [0.1, 0.15) is 10.5 Å². The first-order valence-corrected chi connectivity index (χ1v) is 5.27. The Morgan fingerprint density at radius 2 is 1.78 bits per heavy atom. The second kappa shape index (κ2) is 5.18. The Balaban J connectivity index is 2.10. The molecule has 18 heavy (non-hydrogen) atoms. The zero-order valence-electron chi connectivity index (χ0n) is 9.79. The molecule has 2 rings (SSSR count). The van der Waals surface area contributed by atoms with Gasteiger partial charge >= 0.3 is 5.97 Å². The maximum absolute atomic E-state index is 11.2. The van der Waals surface area contributed by atoms with E-state index in [1.54, 1.807) is 36.4 Å². The number of rotatable bonds is 3. The summed E-state index contributed by atoms with van der Waals surface area (Å²) in [5.74, 6) is 0.707. The third-order valence-corrected chi connectivity index (χ3v) is 2.25. The van der Waals surface area contributed by atoms with E-state index in [4.69, 9.17) is 10.5 Å². The minimum atomic E-state index is -0.478. The van der Waals surface area contributed by atoms with Crippen molar-refractivity contribution in [3.63, 3.8) is 0 Å². The van der Waals surface area contributed by atoms with Crippen molar-refractivity contribution in [1.29, 1.82) is 0 Å². The van der Waals surface area contributed by atoms with Gasteiger partial charge in [0.2, 0.25) is 0 Å². The van der Waals surface area contributed by atoms with Crippen molar-refractivity contribution < 1.29 is 14.3 Å². The molecule has 1 aromatic heterocycles. The zero-order valence-corrected chi connectivity index (χ0v) is 9.79. The average Bonchev–Trinajstić information content (AvgIpc) is 2.41. The van der Waals surface area contributed by atoms with Crippen LogP contribution in [0.25, 0.3) is 0 Å². The largest absolute Gasteiger partial charge is 0.464 e. The van der Waals surface area contributed by atoms with Crippen molar-refractivity contribution in [2.75, 3.05) is 12.8 Å². The highest BCUT2D eigenvalue weighted by molar-refractivity contribution is 5.87. The Morgan fingerprint density at radius 3 is 2.33 bits per heavy atom. The summed E-state index contributed by atoms with van der Waals surface area (Å²) in [6, 6.07) is 10.2. The molecule has 1 heterocycles. The van der Waals surface area contributed by atoms with E-state index in [-0.39, 0.29) is 5.69 Å². The van der Waals surface area contributed by atoms with E-state index < -0.39 is 5.97 Å². The number of benzene rings is 1. The van der Waals surface area contributed by atoms with Crippen LogP contribution in [0.5, 0.6) is 11.5 Å². The van der Waals surface area contributed by atoms with Gasteiger partial charge in [0, 0.05) is 5.69 Å². The topological polar surface area (TPSA) is 74.4 Å². The summed E-state index contributed by atoms with van der Waals surface area (Å²) >= 11 is 0. The highest BCUT2D eigenvalue weighted by atomic mass is 16.5. The number of esters is 1. The van der Waals surface area contributed by atoms with Gasteiger partial charge in [0.05, 0.1) is 13.3 Å². The number of anilines is 1. The molecule has 0 aliphatic carbocycles. The molecule has 0 spiro atoms. The lowest BCUT2D eigenvalue weighted by Crippen LogP contribution is -2.03. The molecule has 0 bridgehead atoms. The lowest BCUT2D eigenvalue weighted by molar-refractivity contribution is 0.0594. The molecular weight excluding hydrogens is 232 g/mol. The minimum absolute atomic E-state index is 0.238. The lowest BCUT2D eigenvalue weighted by atomic mass is 10.3. The number of nitrogen functional groups attached to an aromatic ring is 1. The Hall–Kier alpha value is -2.56. The first-order valence-electron chi connectivity index (χ1n) is 5.27. The Morgan fingerprint density at radius 1 is 1.11 bits per heavy atom. The molecule has 0 unspecified atom stereocenters. The first-order chi connectivity index (χ1) is 8.69. The predicted molar refractivity (Wildman–Crippen MR) is 66.5 cm³/mol. The van der Waals surface area contributed by atoms with E-state index in [9.17, 15) is 4.79 Å². The smallest absolute Gasteiger partial charge is 0.356 e. The molecule has 92 valence electrons. The van der Waals surface area contributed by atoms with Gasteiger partial charge < -0.3 is 15.2 Å².